The van der Waals surface area contributed by atoms with Gasteiger partial charge in [-0.15, -0.1) is 0 Å². The molecule has 23 heavy (non-hydrogen) atoms. The van der Waals surface area contributed by atoms with E-state index in [9.17, 15) is 18.0 Å². The SMILES string of the molecule is NCc1ccc(NC(=O)N2CC[C@@H]3C2C(=O)N3S(=O)(=O)O)cc1. The van der Waals surface area contributed by atoms with E-state index in [2.05, 4.69) is 5.32 Å². The maximum absolute atomic E-state index is 12.3. The summed E-state index contributed by atoms with van der Waals surface area (Å²) in [6, 6.07) is 4.92. The number of β-lactam (4-membered cyclic amide) rings is 1. The van der Waals surface area contributed by atoms with Crippen LogP contribution in [-0.4, -0.2) is 52.7 Å². The highest BCUT2D eigenvalue weighted by atomic mass is 32.2. The van der Waals surface area contributed by atoms with Gasteiger partial charge in [0.2, 0.25) is 0 Å². The Bertz CT molecular complexity index is 748. The molecule has 2 atom stereocenters. The molecule has 1 aromatic rings. The maximum atomic E-state index is 12.3. The van der Waals surface area contributed by atoms with E-state index in [1.807, 2.05) is 0 Å². The van der Waals surface area contributed by atoms with Gasteiger partial charge in [0.1, 0.15) is 6.04 Å². The predicted molar refractivity (Wildman–Crippen MR) is 80.6 cm³/mol. The number of nitrogens with one attached hydrogen (secondary N) is 1. The molecule has 2 aliphatic heterocycles. The van der Waals surface area contributed by atoms with Gasteiger partial charge in [-0.25, -0.2) is 9.10 Å². The van der Waals surface area contributed by atoms with E-state index < -0.39 is 34.3 Å². The van der Waals surface area contributed by atoms with Crippen LogP contribution < -0.4 is 11.1 Å². The molecule has 124 valence electrons. The molecule has 3 rings (SSSR count). The van der Waals surface area contributed by atoms with Crippen molar-refractivity contribution < 1.29 is 22.6 Å². The zero-order valence-electron chi connectivity index (χ0n) is 12.0. The van der Waals surface area contributed by atoms with Crippen LogP contribution in [0.5, 0.6) is 0 Å². The van der Waals surface area contributed by atoms with Crippen LogP contribution in [-0.2, 0) is 21.6 Å². The third-order valence-corrected chi connectivity index (χ3v) is 5.04. The molecule has 0 aliphatic carbocycles. The van der Waals surface area contributed by atoms with E-state index in [-0.39, 0.29) is 6.54 Å². The van der Waals surface area contributed by atoms with E-state index in [1.54, 1.807) is 24.3 Å². The number of anilines is 1. The molecule has 1 unspecified atom stereocenters. The molecule has 0 saturated carbocycles. The van der Waals surface area contributed by atoms with Gasteiger partial charge in [-0.2, -0.15) is 8.42 Å². The van der Waals surface area contributed by atoms with Crippen molar-refractivity contribution in [2.75, 3.05) is 11.9 Å². The number of likely N-dealkylation sites (tertiary alicyclic amines) is 1. The molecular formula is C13H16N4O5S. The van der Waals surface area contributed by atoms with Crippen LogP contribution in [0.4, 0.5) is 10.5 Å². The normalized spacial score (nSPS) is 23.5. The second-order valence-corrected chi connectivity index (χ2v) is 6.73. The molecule has 2 saturated heterocycles. The second kappa shape index (κ2) is 5.48. The van der Waals surface area contributed by atoms with Gasteiger partial charge < -0.3 is 16.0 Å². The molecule has 0 radical (unpaired) electrons. The number of carbonyl (C=O) groups is 2. The average molecular weight is 340 g/mol. The minimum Gasteiger partial charge on any atom is -0.326 e. The first-order valence-corrected chi connectivity index (χ1v) is 8.40. The Labute approximate surface area is 132 Å². The summed E-state index contributed by atoms with van der Waals surface area (Å²) in [4.78, 5) is 25.4. The number of benzene rings is 1. The zero-order chi connectivity index (χ0) is 16.8. The summed E-state index contributed by atoms with van der Waals surface area (Å²) < 4.78 is 31.7. The number of amides is 3. The summed E-state index contributed by atoms with van der Waals surface area (Å²) in [6.07, 6.45) is 0.301. The number of rotatable bonds is 3. The topological polar surface area (TPSA) is 133 Å². The van der Waals surface area contributed by atoms with E-state index >= 15 is 0 Å². The minimum atomic E-state index is -4.57. The second-order valence-electron chi connectivity index (χ2n) is 5.44. The van der Waals surface area contributed by atoms with Crippen LogP contribution in [0.3, 0.4) is 0 Å². The Morgan fingerprint density at radius 2 is 2.00 bits per heavy atom. The Morgan fingerprint density at radius 1 is 1.35 bits per heavy atom. The largest absolute Gasteiger partial charge is 0.362 e. The number of nitrogens with two attached hydrogens (primary N) is 1. The first kappa shape index (κ1) is 15.7. The lowest BCUT2D eigenvalue weighted by molar-refractivity contribution is -0.143. The summed E-state index contributed by atoms with van der Waals surface area (Å²) >= 11 is 0. The third kappa shape index (κ3) is 2.64. The highest BCUT2D eigenvalue weighted by Crippen LogP contribution is 2.35. The smallest absolute Gasteiger partial charge is 0.326 e. The molecule has 0 bridgehead atoms. The Hall–Kier alpha value is -2.17. The number of hydrogen-bond acceptors (Lipinski definition) is 5. The number of hydrogen-bond donors (Lipinski definition) is 3. The van der Waals surface area contributed by atoms with E-state index in [4.69, 9.17) is 10.3 Å². The van der Waals surface area contributed by atoms with Crippen molar-refractivity contribution in [3.63, 3.8) is 0 Å². The van der Waals surface area contributed by atoms with Crippen molar-refractivity contribution in [2.24, 2.45) is 5.73 Å². The van der Waals surface area contributed by atoms with E-state index in [0.29, 0.717) is 23.0 Å². The number of urea groups is 1. The third-order valence-electron chi connectivity index (χ3n) is 4.09. The van der Waals surface area contributed by atoms with Crippen LogP contribution >= 0.6 is 0 Å². The van der Waals surface area contributed by atoms with Gasteiger partial charge >= 0.3 is 16.3 Å². The Kier molecular flexibility index (Phi) is 3.74. The summed E-state index contributed by atoms with van der Waals surface area (Å²) in [7, 11) is -4.57. The lowest BCUT2D eigenvalue weighted by Gasteiger charge is -2.42. The first-order chi connectivity index (χ1) is 10.8. The monoisotopic (exact) mass is 340 g/mol. The molecule has 0 spiro atoms. The van der Waals surface area contributed by atoms with Gasteiger partial charge in [0, 0.05) is 18.8 Å². The molecule has 3 amide bonds. The first-order valence-electron chi connectivity index (χ1n) is 7.00. The molecule has 1 aromatic carbocycles. The van der Waals surface area contributed by atoms with Crippen molar-refractivity contribution in [2.45, 2.75) is 25.0 Å². The van der Waals surface area contributed by atoms with Crippen LogP contribution in [0.2, 0.25) is 0 Å². The molecular weight excluding hydrogens is 324 g/mol. The Balaban J connectivity index is 1.69. The van der Waals surface area contributed by atoms with Crippen LogP contribution in [0, 0.1) is 0 Å². The van der Waals surface area contributed by atoms with Gasteiger partial charge in [0.05, 0.1) is 6.04 Å². The molecule has 2 aliphatic rings. The highest BCUT2D eigenvalue weighted by Gasteiger charge is 2.60. The van der Waals surface area contributed by atoms with Crippen LogP contribution in [0.25, 0.3) is 0 Å². The Morgan fingerprint density at radius 3 is 2.57 bits per heavy atom. The van der Waals surface area contributed by atoms with E-state index in [1.165, 1.54) is 4.90 Å². The van der Waals surface area contributed by atoms with Gasteiger partial charge in [0.15, 0.2) is 0 Å². The maximum Gasteiger partial charge on any atom is 0.362 e. The summed E-state index contributed by atoms with van der Waals surface area (Å²) in [5.74, 6) is -0.788. The predicted octanol–water partition coefficient (Wildman–Crippen LogP) is -0.235. The summed E-state index contributed by atoms with van der Waals surface area (Å²) in [6.45, 7) is 0.629. The van der Waals surface area contributed by atoms with Crippen molar-refractivity contribution in [3.05, 3.63) is 29.8 Å². The molecule has 4 N–H and O–H groups in total. The van der Waals surface area contributed by atoms with Gasteiger partial charge in [-0.3, -0.25) is 9.35 Å². The minimum absolute atomic E-state index is 0.236. The molecule has 0 aromatic heterocycles. The van der Waals surface area contributed by atoms with Crippen molar-refractivity contribution in [1.82, 2.24) is 9.21 Å². The van der Waals surface area contributed by atoms with E-state index in [0.717, 1.165) is 5.56 Å². The van der Waals surface area contributed by atoms with Crippen molar-refractivity contribution in [1.29, 1.82) is 0 Å². The lowest BCUT2D eigenvalue weighted by Crippen LogP contribution is -2.68. The van der Waals surface area contributed by atoms with Crippen LogP contribution in [0.1, 0.15) is 12.0 Å². The number of nitrogens with zero attached hydrogens (tertiary/aromatic N) is 2. The number of carbonyl (C=O) groups excluding carboxylic acids is 2. The van der Waals surface area contributed by atoms with Crippen molar-refractivity contribution in [3.8, 4) is 0 Å². The highest BCUT2D eigenvalue weighted by molar-refractivity contribution is 7.84. The lowest BCUT2D eigenvalue weighted by atomic mass is 10.0. The fraction of sp³-hybridized carbons (Fsp3) is 0.385. The molecule has 2 fully saturated rings. The van der Waals surface area contributed by atoms with Gasteiger partial charge in [0.25, 0.3) is 5.91 Å². The summed E-state index contributed by atoms with van der Waals surface area (Å²) in [5.41, 5.74) is 6.97. The number of fused-ring (bicyclic) bond motifs is 1. The molecule has 10 heteroatoms. The van der Waals surface area contributed by atoms with Crippen LogP contribution in [0.15, 0.2) is 24.3 Å². The molecule has 9 nitrogen and oxygen atoms in total. The molecule has 2 heterocycles. The van der Waals surface area contributed by atoms with Gasteiger partial charge in [-0.1, -0.05) is 12.1 Å². The van der Waals surface area contributed by atoms with Gasteiger partial charge in [-0.05, 0) is 24.1 Å². The fourth-order valence-corrected chi connectivity index (χ4v) is 3.86. The quantitative estimate of drug-likeness (QED) is 0.514. The zero-order valence-corrected chi connectivity index (χ0v) is 12.9. The van der Waals surface area contributed by atoms with Crippen molar-refractivity contribution >= 4 is 27.9 Å². The fourth-order valence-electron chi connectivity index (χ4n) is 2.96. The average Bonchev–Trinajstić information content (AvgIpc) is 2.85. The standard InChI is InChI=1S/C13H16N4O5S/c14-7-8-1-3-9(4-2-8)15-13(19)16-6-5-10-11(16)12(18)17(10)23(20,21)22/h1-4,10-11H,5-7,14H2,(H,15,19)(H,20,21,22)/t10-,11?/m1/s1. The summed E-state index contributed by atoms with van der Waals surface area (Å²) in [5, 5.41) is 2.66.